The van der Waals surface area contributed by atoms with Gasteiger partial charge in [-0.3, -0.25) is 0 Å². The largest absolute Gasteiger partial charge is 0.484 e. The van der Waals surface area contributed by atoms with E-state index in [4.69, 9.17) is 27.3 Å². The molecule has 0 radical (unpaired) electrons. The van der Waals surface area contributed by atoms with E-state index in [9.17, 15) is 0 Å². The quantitative estimate of drug-likeness (QED) is 0.851. The molecule has 1 unspecified atom stereocenters. The molecule has 1 atom stereocenters. The van der Waals surface area contributed by atoms with Crippen LogP contribution in [-0.4, -0.2) is 0 Å². The molecule has 20 heavy (non-hydrogen) atoms. The summed E-state index contributed by atoms with van der Waals surface area (Å²) in [7, 11) is 0. The standard InChI is InChI=1S/C16H15ClN2O/c1-2-15(11-4-3-5-14(19)8-11)20-16-9-13(17)7-6-12(16)10-18/h3-9,15H,2,19H2,1H3. The Labute approximate surface area is 123 Å². The first-order chi connectivity index (χ1) is 9.63. The molecule has 0 heterocycles. The highest BCUT2D eigenvalue weighted by atomic mass is 35.5. The lowest BCUT2D eigenvalue weighted by molar-refractivity contribution is 0.201. The Hall–Kier alpha value is -2.18. The van der Waals surface area contributed by atoms with Crippen molar-refractivity contribution in [1.82, 2.24) is 0 Å². The smallest absolute Gasteiger partial charge is 0.139 e. The number of nitrogen functional groups attached to an aromatic ring is 1. The van der Waals surface area contributed by atoms with E-state index in [1.807, 2.05) is 31.2 Å². The fraction of sp³-hybridized carbons (Fsp3) is 0.188. The van der Waals surface area contributed by atoms with Gasteiger partial charge in [0.2, 0.25) is 0 Å². The molecule has 0 aliphatic rings. The predicted molar refractivity (Wildman–Crippen MR) is 80.7 cm³/mol. The second kappa shape index (κ2) is 6.31. The van der Waals surface area contributed by atoms with Crippen LogP contribution in [0.25, 0.3) is 0 Å². The van der Waals surface area contributed by atoms with E-state index in [0.29, 0.717) is 22.0 Å². The number of ether oxygens (including phenoxy) is 1. The van der Waals surface area contributed by atoms with Crippen molar-refractivity contribution in [3.63, 3.8) is 0 Å². The monoisotopic (exact) mass is 286 g/mol. The minimum absolute atomic E-state index is 0.163. The topological polar surface area (TPSA) is 59.0 Å². The fourth-order valence-corrected chi connectivity index (χ4v) is 2.15. The number of benzene rings is 2. The molecule has 0 saturated carbocycles. The van der Waals surface area contributed by atoms with E-state index in [0.717, 1.165) is 12.0 Å². The molecule has 0 fully saturated rings. The van der Waals surface area contributed by atoms with Crippen molar-refractivity contribution < 1.29 is 4.74 Å². The average molecular weight is 287 g/mol. The van der Waals surface area contributed by atoms with Crippen LogP contribution in [0.4, 0.5) is 5.69 Å². The number of anilines is 1. The SMILES string of the molecule is CCC(Oc1cc(Cl)ccc1C#N)c1cccc(N)c1. The molecule has 0 aromatic heterocycles. The Morgan fingerprint density at radius 1 is 1.30 bits per heavy atom. The summed E-state index contributed by atoms with van der Waals surface area (Å²) in [6.07, 6.45) is 0.602. The zero-order valence-electron chi connectivity index (χ0n) is 11.1. The highest BCUT2D eigenvalue weighted by molar-refractivity contribution is 6.30. The summed E-state index contributed by atoms with van der Waals surface area (Å²) in [6, 6.07) is 14.7. The maximum Gasteiger partial charge on any atom is 0.139 e. The number of hydrogen-bond acceptors (Lipinski definition) is 3. The van der Waals surface area contributed by atoms with Gasteiger partial charge in [0.15, 0.2) is 0 Å². The Bertz CT molecular complexity index is 649. The molecule has 0 aliphatic heterocycles. The van der Waals surface area contributed by atoms with Crippen molar-refractivity contribution in [3.05, 3.63) is 58.6 Å². The minimum atomic E-state index is -0.163. The van der Waals surface area contributed by atoms with Crippen LogP contribution in [0.1, 0.15) is 30.6 Å². The highest BCUT2D eigenvalue weighted by Crippen LogP contribution is 2.30. The maximum absolute atomic E-state index is 9.12. The number of nitrogens with two attached hydrogens (primary N) is 1. The van der Waals surface area contributed by atoms with Crippen molar-refractivity contribution >= 4 is 17.3 Å². The van der Waals surface area contributed by atoms with Crippen molar-refractivity contribution in [3.8, 4) is 11.8 Å². The summed E-state index contributed by atoms with van der Waals surface area (Å²) >= 11 is 5.96. The molecule has 102 valence electrons. The first-order valence-corrected chi connectivity index (χ1v) is 6.73. The second-order valence-electron chi connectivity index (χ2n) is 4.44. The number of rotatable bonds is 4. The lowest BCUT2D eigenvalue weighted by Gasteiger charge is -2.19. The van der Waals surface area contributed by atoms with E-state index in [1.54, 1.807) is 18.2 Å². The lowest BCUT2D eigenvalue weighted by atomic mass is 10.1. The van der Waals surface area contributed by atoms with Gasteiger partial charge in [0.05, 0.1) is 5.56 Å². The van der Waals surface area contributed by atoms with Gasteiger partial charge in [-0.15, -0.1) is 0 Å². The zero-order chi connectivity index (χ0) is 14.5. The van der Waals surface area contributed by atoms with E-state index in [-0.39, 0.29) is 6.10 Å². The van der Waals surface area contributed by atoms with Crippen molar-refractivity contribution in [1.29, 1.82) is 5.26 Å². The van der Waals surface area contributed by atoms with Crippen LogP contribution in [0.5, 0.6) is 5.75 Å². The molecular formula is C16H15ClN2O. The van der Waals surface area contributed by atoms with Crippen LogP contribution < -0.4 is 10.5 Å². The van der Waals surface area contributed by atoms with E-state index < -0.39 is 0 Å². The van der Waals surface area contributed by atoms with Gasteiger partial charge >= 0.3 is 0 Å². The second-order valence-corrected chi connectivity index (χ2v) is 4.87. The van der Waals surface area contributed by atoms with E-state index >= 15 is 0 Å². The van der Waals surface area contributed by atoms with Gasteiger partial charge in [-0.25, -0.2) is 0 Å². The molecule has 4 heteroatoms. The zero-order valence-corrected chi connectivity index (χ0v) is 11.9. The van der Waals surface area contributed by atoms with Crippen LogP contribution in [0, 0.1) is 11.3 Å². The summed E-state index contributed by atoms with van der Waals surface area (Å²) in [5.41, 5.74) is 7.94. The van der Waals surface area contributed by atoms with Crippen LogP contribution in [0.15, 0.2) is 42.5 Å². The van der Waals surface area contributed by atoms with Crippen LogP contribution >= 0.6 is 11.6 Å². The molecule has 0 bridgehead atoms. The van der Waals surface area contributed by atoms with Gasteiger partial charge in [0, 0.05) is 16.8 Å². The lowest BCUT2D eigenvalue weighted by Crippen LogP contribution is -2.08. The molecule has 0 aliphatic carbocycles. The molecule has 2 aromatic rings. The Morgan fingerprint density at radius 3 is 2.75 bits per heavy atom. The van der Waals surface area contributed by atoms with Gasteiger partial charge < -0.3 is 10.5 Å². The normalized spacial score (nSPS) is 11.7. The summed E-state index contributed by atoms with van der Waals surface area (Å²) in [6.45, 7) is 2.02. The van der Waals surface area contributed by atoms with Gasteiger partial charge in [-0.05, 0) is 36.2 Å². The first-order valence-electron chi connectivity index (χ1n) is 6.35. The number of hydrogen-bond donors (Lipinski definition) is 1. The summed E-state index contributed by atoms with van der Waals surface area (Å²) in [4.78, 5) is 0. The predicted octanol–water partition coefficient (Wildman–Crippen LogP) is 4.32. The van der Waals surface area contributed by atoms with Crippen LogP contribution in [0.2, 0.25) is 5.02 Å². The van der Waals surface area contributed by atoms with Crippen molar-refractivity contribution in [2.75, 3.05) is 5.73 Å². The third kappa shape index (κ3) is 3.23. The van der Waals surface area contributed by atoms with Crippen molar-refractivity contribution in [2.24, 2.45) is 0 Å². The summed E-state index contributed by atoms with van der Waals surface area (Å²) in [5, 5.41) is 9.66. The maximum atomic E-state index is 9.12. The molecule has 2 rings (SSSR count). The molecule has 0 amide bonds. The van der Waals surface area contributed by atoms with E-state index in [2.05, 4.69) is 6.07 Å². The fourth-order valence-electron chi connectivity index (χ4n) is 1.99. The molecule has 3 nitrogen and oxygen atoms in total. The number of nitriles is 1. The average Bonchev–Trinajstić information content (AvgIpc) is 2.45. The van der Waals surface area contributed by atoms with Gasteiger partial charge in [-0.1, -0.05) is 30.7 Å². The number of nitrogens with zero attached hydrogens (tertiary/aromatic N) is 1. The molecule has 2 N–H and O–H groups in total. The first kappa shape index (κ1) is 14.2. The summed E-state index contributed by atoms with van der Waals surface area (Å²) in [5.74, 6) is 0.495. The Kier molecular flexibility index (Phi) is 4.49. The molecule has 2 aromatic carbocycles. The Balaban J connectivity index is 2.31. The van der Waals surface area contributed by atoms with Crippen LogP contribution in [-0.2, 0) is 0 Å². The third-order valence-corrected chi connectivity index (χ3v) is 3.22. The van der Waals surface area contributed by atoms with Crippen LogP contribution in [0.3, 0.4) is 0 Å². The van der Waals surface area contributed by atoms with Gasteiger partial charge in [0.1, 0.15) is 17.9 Å². The molecular weight excluding hydrogens is 272 g/mol. The highest BCUT2D eigenvalue weighted by Gasteiger charge is 2.14. The van der Waals surface area contributed by atoms with E-state index in [1.165, 1.54) is 0 Å². The third-order valence-electron chi connectivity index (χ3n) is 2.99. The molecule has 0 saturated heterocycles. The molecule has 0 spiro atoms. The summed E-state index contributed by atoms with van der Waals surface area (Å²) < 4.78 is 5.95. The number of halogens is 1. The van der Waals surface area contributed by atoms with Gasteiger partial charge in [-0.2, -0.15) is 5.26 Å². The van der Waals surface area contributed by atoms with Gasteiger partial charge in [0.25, 0.3) is 0 Å². The minimum Gasteiger partial charge on any atom is -0.484 e. The van der Waals surface area contributed by atoms with Crippen molar-refractivity contribution in [2.45, 2.75) is 19.4 Å². The Morgan fingerprint density at radius 2 is 2.10 bits per heavy atom.